The van der Waals surface area contributed by atoms with E-state index in [1.807, 2.05) is 0 Å². The molecule has 104 valence electrons. The molecule has 2 bridgehead atoms. The summed E-state index contributed by atoms with van der Waals surface area (Å²) in [5, 5.41) is 0. The largest absolute Gasteiger partial charge is 0.497 e. The Morgan fingerprint density at radius 3 is 2.95 bits per heavy atom. The number of methoxy groups -OCH3 is 1. The maximum absolute atomic E-state index is 6.70. The van der Waals surface area contributed by atoms with Crippen molar-refractivity contribution in [3.8, 4) is 5.75 Å². The van der Waals surface area contributed by atoms with E-state index in [9.17, 15) is 0 Å². The van der Waals surface area contributed by atoms with E-state index in [0.717, 1.165) is 18.6 Å². The number of nitrogens with two attached hydrogens (primary N) is 1. The molecule has 2 unspecified atom stereocenters. The molecular formula is C17H25NO. The second kappa shape index (κ2) is 4.82. The predicted molar refractivity (Wildman–Crippen MR) is 78.6 cm³/mol. The highest BCUT2D eigenvalue weighted by Gasteiger charge is 2.46. The Morgan fingerprint density at radius 1 is 1.37 bits per heavy atom. The first-order valence-corrected chi connectivity index (χ1v) is 7.64. The third-order valence-corrected chi connectivity index (χ3v) is 5.56. The van der Waals surface area contributed by atoms with Gasteiger partial charge in [0.15, 0.2) is 0 Å². The Labute approximate surface area is 116 Å². The molecule has 3 atom stereocenters. The third kappa shape index (κ3) is 1.88. The molecule has 2 aliphatic carbocycles. The quantitative estimate of drug-likeness (QED) is 0.883. The molecule has 0 radical (unpaired) electrons. The van der Waals surface area contributed by atoms with Gasteiger partial charge in [0.2, 0.25) is 0 Å². The molecule has 0 aromatic heterocycles. The summed E-state index contributed by atoms with van der Waals surface area (Å²) in [6.07, 6.45) is 7.49. The van der Waals surface area contributed by atoms with E-state index in [-0.39, 0.29) is 5.41 Å². The lowest BCUT2D eigenvalue weighted by Gasteiger charge is -2.46. The highest BCUT2D eigenvalue weighted by molar-refractivity contribution is 5.45. The Hall–Kier alpha value is -1.02. The van der Waals surface area contributed by atoms with Crippen LogP contribution in [0.3, 0.4) is 0 Å². The molecule has 2 aliphatic rings. The molecule has 0 heterocycles. The van der Waals surface area contributed by atoms with Gasteiger partial charge in [0.25, 0.3) is 0 Å². The Morgan fingerprint density at radius 2 is 2.21 bits per heavy atom. The zero-order chi connectivity index (χ0) is 13.5. The molecule has 2 nitrogen and oxygen atoms in total. The van der Waals surface area contributed by atoms with Crippen LogP contribution in [-0.4, -0.2) is 13.2 Å². The lowest BCUT2D eigenvalue weighted by molar-refractivity contribution is 0.227. The van der Waals surface area contributed by atoms with Gasteiger partial charge in [0.05, 0.1) is 7.11 Å². The molecular weight excluding hydrogens is 234 g/mol. The van der Waals surface area contributed by atoms with Crippen molar-refractivity contribution in [3.63, 3.8) is 0 Å². The maximum atomic E-state index is 6.70. The minimum atomic E-state index is 0.184. The van der Waals surface area contributed by atoms with Crippen molar-refractivity contribution in [2.75, 3.05) is 7.11 Å². The van der Waals surface area contributed by atoms with Gasteiger partial charge in [-0.25, -0.2) is 0 Å². The summed E-state index contributed by atoms with van der Waals surface area (Å²) < 4.78 is 5.43. The molecule has 3 rings (SSSR count). The number of benzene rings is 1. The number of rotatable bonds is 2. The molecule has 0 amide bonds. The summed E-state index contributed by atoms with van der Waals surface area (Å²) in [6.45, 7) is 2.30. The van der Waals surface area contributed by atoms with Crippen molar-refractivity contribution < 1.29 is 4.74 Å². The van der Waals surface area contributed by atoms with Crippen LogP contribution in [0.25, 0.3) is 0 Å². The van der Waals surface area contributed by atoms with Crippen LogP contribution in [0.4, 0.5) is 0 Å². The minimum Gasteiger partial charge on any atom is -0.497 e. The van der Waals surface area contributed by atoms with Crippen LogP contribution in [0.15, 0.2) is 18.2 Å². The van der Waals surface area contributed by atoms with Crippen LogP contribution >= 0.6 is 0 Å². The van der Waals surface area contributed by atoms with Crippen molar-refractivity contribution in [1.82, 2.24) is 0 Å². The summed E-state index contributed by atoms with van der Waals surface area (Å²) in [5.74, 6) is 1.64. The predicted octanol–water partition coefficient (Wildman–Crippen LogP) is 3.42. The monoisotopic (exact) mass is 259 g/mol. The Kier molecular flexibility index (Phi) is 3.30. The first-order valence-electron chi connectivity index (χ1n) is 7.64. The fourth-order valence-corrected chi connectivity index (χ4v) is 4.40. The molecule has 1 aromatic carbocycles. The van der Waals surface area contributed by atoms with Crippen LogP contribution in [0, 0.1) is 5.92 Å². The van der Waals surface area contributed by atoms with E-state index >= 15 is 0 Å². The Balaban J connectivity index is 2.16. The van der Waals surface area contributed by atoms with Crippen molar-refractivity contribution in [3.05, 3.63) is 29.3 Å². The second-order valence-electron chi connectivity index (χ2n) is 6.27. The number of hydrogen-bond acceptors (Lipinski definition) is 2. The number of ether oxygens (including phenoxy) is 1. The van der Waals surface area contributed by atoms with Crippen molar-refractivity contribution in [2.24, 2.45) is 11.7 Å². The van der Waals surface area contributed by atoms with Crippen molar-refractivity contribution in [2.45, 2.75) is 56.9 Å². The summed E-state index contributed by atoms with van der Waals surface area (Å²) >= 11 is 0. The van der Waals surface area contributed by atoms with E-state index in [1.54, 1.807) is 7.11 Å². The fourth-order valence-electron chi connectivity index (χ4n) is 4.40. The smallest absolute Gasteiger partial charge is 0.119 e. The molecule has 2 N–H and O–H groups in total. The lowest BCUT2D eigenvalue weighted by atomic mass is 9.61. The van der Waals surface area contributed by atoms with E-state index in [2.05, 4.69) is 25.1 Å². The van der Waals surface area contributed by atoms with Gasteiger partial charge in [0.1, 0.15) is 5.75 Å². The van der Waals surface area contributed by atoms with Gasteiger partial charge in [-0.1, -0.05) is 25.8 Å². The highest BCUT2D eigenvalue weighted by atomic mass is 16.5. The van der Waals surface area contributed by atoms with Crippen LogP contribution in [0.2, 0.25) is 0 Å². The molecule has 0 spiro atoms. The third-order valence-electron chi connectivity index (χ3n) is 5.56. The first kappa shape index (κ1) is 13.0. The van der Waals surface area contributed by atoms with Gasteiger partial charge in [-0.05, 0) is 54.9 Å². The zero-order valence-electron chi connectivity index (χ0n) is 12.1. The molecule has 1 aromatic rings. The number of hydrogen-bond donors (Lipinski definition) is 1. The first-order chi connectivity index (χ1) is 9.21. The molecule has 0 aliphatic heterocycles. The average molecular weight is 259 g/mol. The van der Waals surface area contributed by atoms with E-state index in [1.165, 1.54) is 36.8 Å². The van der Waals surface area contributed by atoms with Crippen LogP contribution < -0.4 is 10.5 Å². The van der Waals surface area contributed by atoms with Gasteiger partial charge >= 0.3 is 0 Å². The standard InChI is InChI=1S/C17H25NO/c1-3-17-9-5-4-6-13(16(17)18)10-12-7-8-14(19-2)11-15(12)17/h7-8,11,13,16H,3-6,9-10,18H2,1-2H3/t13?,16?,17-/m1/s1. The molecule has 2 heteroatoms. The van der Waals surface area contributed by atoms with Crippen molar-refractivity contribution >= 4 is 0 Å². The zero-order valence-corrected chi connectivity index (χ0v) is 12.1. The molecule has 19 heavy (non-hydrogen) atoms. The molecule has 1 saturated carbocycles. The highest BCUT2D eigenvalue weighted by Crippen LogP contribution is 2.49. The second-order valence-corrected chi connectivity index (χ2v) is 6.27. The van der Waals surface area contributed by atoms with Crippen LogP contribution in [0.5, 0.6) is 5.75 Å². The van der Waals surface area contributed by atoms with Gasteiger partial charge in [0, 0.05) is 11.5 Å². The SMILES string of the molecule is CC[C@@]12CCCCC(Cc3ccc(OC)cc31)C2N. The Bertz CT molecular complexity index is 470. The fraction of sp³-hybridized carbons (Fsp3) is 0.647. The molecule has 1 fully saturated rings. The maximum Gasteiger partial charge on any atom is 0.119 e. The average Bonchev–Trinajstić information content (AvgIpc) is 2.55. The minimum absolute atomic E-state index is 0.184. The summed E-state index contributed by atoms with van der Waals surface area (Å²) in [6, 6.07) is 6.94. The van der Waals surface area contributed by atoms with Crippen LogP contribution in [0.1, 0.15) is 50.2 Å². The van der Waals surface area contributed by atoms with Crippen molar-refractivity contribution in [1.29, 1.82) is 0 Å². The van der Waals surface area contributed by atoms with Gasteiger partial charge < -0.3 is 10.5 Å². The number of fused-ring (bicyclic) bond motifs is 4. The summed E-state index contributed by atoms with van der Waals surface area (Å²) in [4.78, 5) is 0. The topological polar surface area (TPSA) is 35.2 Å². The van der Waals surface area contributed by atoms with E-state index in [4.69, 9.17) is 10.5 Å². The normalized spacial score (nSPS) is 33.4. The van der Waals surface area contributed by atoms with Gasteiger partial charge in [-0.3, -0.25) is 0 Å². The van der Waals surface area contributed by atoms with Crippen LogP contribution in [-0.2, 0) is 11.8 Å². The lowest BCUT2D eigenvalue weighted by Crippen LogP contribution is -2.52. The van der Waals surface area contributed by atoms with Gasteiger partial charge in [-0.2, -0.15) is 0 Å². The summed E-state index contributed by atoms with van der Waals surface area (Å²) in [5.41, 5.74) is 9.86. The van der Waals surface area contributed by atoms with E-state index in [0.29, 0.717) is 12.0 Å². The summed E-state index contributed by atoms with van der Waals surface area (Å²) in [7, 11) is 1.75. The van der Waals surface area contributed by atoms with Gasteiger partial charge in [-0.15, -0.1) is 0 Å². The molecule has 0 saturated heterocycles. The van der Waals surface area contributed by atoms with E-state index < -0.39 is 0 Å².